The highest BCUT2D eigenvalue weighted by atomic mass is 32.2. The number of carboxylic acid groups (broad SMARTS) is 1. The van der Waals surface area contributed by atoms with Crippen LogP contribution in [0.2, 0.25) is 0 Å². The maximum atomic E-state index is 12.8. The third kappa shape index (κ3) is 3.43. The first-order valence-corrected chi connectivity index (χ1v) is 10.1. The molecule has 4 aromatic rings. The highest BCUT2D eigenvalue weighted by Crippen LogP contribution is 2.26. The fourth-order valence-corrected chi connectivity index (χ4v) is 4.08. The second-order valence-corrected chi connectivity index (χ2v) is 8.18. The zero-order chi connectivity index (χ0) is 20.6. The highest BCUT2D eigenvalue weighted by molar-refractivity contribution is 7.90. The molecule has 0 amide bonds. The van der Waals surface area contributed by atoms with Gasteiger partial charge in [-0.1, -0.05) is 18.2 Å². The number of aromatic carboxylic acids is 1. The van der Waals surface area contributed by atoms with Crippen molar-refractivity contribution in [2.45, 2.75) is 11.8 Å². The molecule has 0 radical (unpaired) electrons. The third-order valence-corrected chi connectivity index (χ3v) is 6.00. The topological polar surface area (TPSA) is 107 Å². The van der Waals surface area contributed by atoms with Crippen molar-refractivity contribution in [3.8, 4) is 16.9 Å². The Labute approximate surface area is 166 Å². The van der Waals surface area contributed by atoms with Gasteiger partial charge in [0.25, 0.3) is 10.0 Å². The van der Waals surface area contributed by atoms with Crippen LogP contribution in [0.5, 0.6) is 0 Å². The number of nitrogens with zero attached hydrogens (tertiary/aromatic N) is 4. The Balaban J connectivity index is 1.82. The van der Waals surface area contributed by atoms with E-state index in [-0.39, 0.29) is 10.6 Å². The second kappa shape index (κ2) is 7.02. The molecule has 1 N–H and O–H groups in total. The molecule has 0 saturated heterocycles. The molecular formula is C20H16N4O4S. The van der Waals surface area contributed by atoms with Gasteiger partial charge in [0, 0.05) is 23.7 Å². The van der Waals surface area contributed by atoms with Crippen LogP contribution in [0.4, 0.5) is 0 Å². The zero-order valence-corrected chi connectivity index (χ0v) is 16.1. The van der Waals surface area contributed by atoms with Crippen LogP contribution in [0.25, 0.3) is 16.9 Å². The van der Waals surface area contributed by atoms with Gasteiger partial charge in [-0.05, 0) is 43.3 Å². The smallest absolute Gasteiger partial charge is 0.356 e. The van der Waals surface area contributed by atoms with E-state index in [9.17, 15) is 18.3 Å². The Morgan fingerprint density at radius 1 is 1.07 bits per heavy atom. The average Bonchev–Trinajstić information content (AvgIpc) is 3.37. The zero-order valence-electron chi connectivity index (χ0n) is 15.3. The standard InChI is InChI=1S/C20H16N4O4S/c1-14-7-8-16(12-21-14)24-19(11-18(22-24)20(25)26)15-9-10-23(13-15)29(27,28)17-5-3-2-4-6-17/h2-13H,1H3,(H,25,26). The van der Waals surface area contributed by atoms with E-state index in [1.54, 1.807) is 42.6 Å². The summed E-state index contributed by atoms with van der Waals surface area (Å²) in [5.41, 5.74) is 2.16. The highest BCUT2D eigenvalue weighted by Gasteiger charge is 2.20. The summed E-state index contributed by atoms with van der Waals surface area (Å²) < 4.78 is 28.2. The van der Waals surface area contributed by atoms with Crippen LogP contribution < -0.4 is 0 Å². The number of hydrogen-bond donors (Lipinski definition) is 1. The van der Waals surface area contributed by atoms with Crippen molar-refractivity contribution in [2.24, 2.45) is 0 Å². The van der Waals surface area contributed by atoms with Gasteiger partial charge in [-0.15, -0.1) is 0 Å². The lowest BCUT2D eigenvalue weighted by atomic mass is 10.2. The van der Waals surface area contributed by atoms with E-state index in [2.05, 4.69) is 10.1 Å². The van der Waals surface area contributed by atoms with Crippen molar-refractivity contribution in [1.82, 2.24) is 18.7 Å². The largest absolute Gasteiger partial charge is 0.476 e. The first-order valence-electron chi connectivity index (χ1n) is 8.61. The molecule has 0 bridgehead atoms. The molecule has 1 aromatic carbocycles. The van der Waals surface area contributed by atoms with Crippen LogP contribution in [-0.4, -0.2) is 38.2 Å². The van der Waals surface area contributed by atoms with E-state index in [0.717, 1.165) is 9.67 Å². The van der Waals surface area contributed by atoms with Gasteiger partial charge >= 0.3 is 5.97 Å². The third-order valence-electron chi connectivity index (χ3n) is 4.35. The average molecular weight is 408 g/mol. The van der Waals surface area contributed by atoms with Crippen LogP contribution in [0.15, 0.2) is 78.1 Å². The fraction of sp³-hybridized carbons (Fsp3) is 0.0500. The van der Waals surface area contributed by atoms with Gasteiger partial charge in [-0.3, -0.25) is 4.98 Å². The molecule has 29 heavy (non-hydrogen) atoms. The Kier molecular flexibility index (Phi) is 4.51. The first kappa shape index (κ1) is 18.6. The summed E-state index contributed by atoms with van der Waals surface area (Å²) in [5.74, 6) is -1.18. The minimum Gasteiger partial charge on any atom is -0.476 e. The lowest BCUT2D eigenvalue weighted by molar-refractivity contribution is 0.0690. The number of aryl methyl sites for hydroxylation is 1. The molecule has 0 aliphatic heterocycles. The van der Waals surface area contributed by atoms with Gasteiger partial charge in [-0.2, -0.15) is 5.10 Å². The van der Waals surface area contributed by atoms with Crippen molar-refractivity contribution in [3.63, 3.8) is 0 Å². The summed E-state index contributed by atoms with van der Waals surface area (Å²) in [6, 6.07) is 14.6. The van der Waals surface area contributed by atoms with E-state index in [1.165, 1.54) is 35.3 Å². The van der Waals surface area contributed by atoms with E-state index >= 15 is 0 Å². The number of benzene rings is 1. The molecule has 0 unspecified atom stereocenters. The summed E-state index contributed by atoms with van der Waals surface area (Å²) in [6.45, 7) is 1.84. The number of carbonyl (C=O) groups is 1. The molecule has 4 rings (SSSR count). The molecule has 0 aliphatic carbocycles. The Bertz CT molecular complexity index is 1290. The molecule has 3 aromatic heterocycles. The van der Waals surface area contributed by atoms with Crippen molar-refractivity contribution in [2.75, 3.05) is 0 Å². The van der Waals surface area contributed by atoms with Crippen molar-refractivity contribution in [3.05, 3.63) is 84.6 Å². The Morgan fingerprint density at radius 2 is 1.83 bits per heavy atom. The van der Waals surface area contributed by atoms with Crippen LogP contribution in [0.3, 0.4) is 0 Å². The normalized spacial score (nSPS) is 11.5. The van der Waals surface area contributed by atoms with Gasteiger partial charge in [0.1, 0.15) is 0 Å². The molecule has 0 aliphatic rings. The molecular weight excluding hydrogens is 392 g/mol. The molecule has 3 heterocycles. The Hall–Kier alpha value is -3.72. The molecule has 0 spiro atoms. The number of pyridine rings is 1. The first-order chi connectivity index (χ1) is 13.9. The van der Waals surface area contributed by atoms with Crippen LogP contribution in [0, 0.1) is 6.92 Å². The maximum Gasteiger partial charge on any atom is 0.356 e. The van der Waals surface area contributed by atoms with Crippen LogP contribution >= 0.6 is 0 Å². The van der Waals surface area contributed by atoms with Crippen molar-refractivity contribution >= 4 is 16.0 Å². The van der Waals surface area contributed by atoms with Gasteiger partial charge < -0.3 is 5.11 Å². The van der Waals surface area contributed by atoms with E-state index in [4.69, 9.17) is 0 Å². The quantitative estimate of drug-likeness (QED) is 0.544. The van der Waals surface area contributed by atoms with Crippen LogP contribution in [0.1, 0.15) is 16.2 Å². The minimum absolute atomic E-state index is 0.153. The van der Waals surface area contributed by atoms with Crippen LogP contribution in [-0.2, 0) is 10.0 Å². The van der Waals surface area contributed by atoms with Gasteiger partial charge in [0.05, 0.1) is 22.5 Å². The van der Waals surface area contributed by atoms with Gasteiger partial charge in [0.2, 0.25) is 0 Å². The summed E-state index contributed by atoms with van der Waals surface area (Å²) in [4.78, 5) is 15.8. The SMILES string of the molecule is Cc1ccc(-n2nc(C(=O)O)cc2-c2ccn(S(=O)(=O)c3ccccc3)c2)cn1. The fourth-order valence-electron chi connectivity index (χ4n) is 2.87. The predicted molar refractivity (Wildman–Crippen MR) is 106 cm³/mol. The number of rotatable bonds is 5. The second-order valence-electron chi connectivity index (χ2n) is 6.34. The lowest BCUT2D eigenvalue weighted by Gasteiger charge is -2.07. The molecule has 9 heteroatoms. The van der Waals surface area contributed by atoms with Gasteiger partial charge in [0.15, 0.2) is 5.69 Å². The number of aromatic nitrogens is 4. The van der Waals surface area contributed by atoms with E-state index < -0.39 is 16.0 Å². The minimum atomic E-state index is -3.76. The summed E-state index contributed by atoms with van der Waals surface area (Å²) in [5, 5.41) is 13.5. The van der Waals surface area contributed by atoms with E-state index in [1.807, 2.05) is 6.92 Å². The Morgan fingerprint density at radius 3 is 2.48 bits per heavy atom. The molecule has 0 fully saturated rings. The monoisotopic (exact) mass is 408 g/mol. The van der Waals surface area contributed by atoms with Crippen molar-refractivity contribution in [1.29, 1.82) is 0 Å². The summed E-state index contributed by atoms with van der Waals surface area (Å²) in [7, 11) is -3.76. The summed E-state index contributed by atoms with van der Waals surface area (Å²) in [6.07, 6.45) is 4.43. The number of carboxylic acids is 1. The summed E-state index contributed by atoms with van der Waals surface area (Å²) >= 11 is 0. The number of hydrogen-bond acceptors (Lipinski definition) is 5. The van der Waals surface area contributed by atoms with Gasteiger partial charge in [-0.25, -0.2) is 21.9 Å². The maximum absolute atomic E-state index is 12.8. The predicted octanol–water partition coefficient (Wildman–Crippen LogP) is 2.98. The molecule has 146 valence electrons. The van der Waals surface area contributed by atoms with Crippen molar-refractivity contribution < 1.29 is 18.3 Å². The molecule has 0 atom stereocenters. The lowest BCUT2D eigenvalue weighted by Crippen LogP contribution is -2.10. The molecule has 8 nitrogen and oxygen atoms in total. The molecule has 0 saturated carbocycles. The van der Waals surface area contributed by atoms with E-state index in [0.29, 0.717) is 16.9 Å².